The number of nitrogen functional groups attached to an aromatic ring is 1. The van der Waals surface area contributed by atoms with E-state index >= 15 is 0 Å². The third-order valence-electron chi connectivity index (χ3n) is 5.55. The predicted octanol–water partition coefficient (Wildman–Crippen LogP) is 4.66. The smallest absolute Gasteiger partial charge is 0.230 e. The number of nitrogens with two attached hydrogens (primary N) is 1. The highest BCUT2D eigenvalue weighted by atomic mass is 32.1. The molecule has 5 rings (SSSR count). The van der Waals surface area contributed by atoms with Gasteiger partial charge in [0.25, 0.3) is 0 Å². The quantitative estimate of drug-likeness (QED) is 0.682. The number of hydrogen-bond donors (Lipinski definition) is 1. The molecule has 148 valence electrons. The van der Waals surface area contributed by atoms with Crippen LogP contribution >= 0.6 is 11.3 Å². The number of carbonyl (C=O) groups excluding carboxylic acids is 1. The van der Waals surface area contributed by atoms with Crippen molar-refractivity contribution in [2.24, 2.45) is 5.92 Å². The van der Waals surface area contributed by atoms with E-state index in [0.29, 0.717) is 5.13 Å². The summed E-state index contributed by atoms with van der Waals surface area (Å²) in [7, 11) is 0. The molecule has 0 radical (unpaired) electrons. The highest BCUT2D eigenvalue weighted by Gasteiger charge is 2.39. The molecular formula is C22H22N4O2S. The van der Waals surface area contributed by atoms with Gasteiger partial charge in [0, 0.05) is 17.5 Å². The molecule has 29 heavy (non-hydrogen) atoms. The van der Waals surface area contributed by atoms with Crippen LogP contribution < -0.4 is 15.4 Å². The van der Waals surface area contributed by atoms with Crippen molar-refractivity contribution in [3.63, 3.8) is 0 Å². The predicted molar refractivity (Wildman–Crippen MR) is 114 cm³/mol. The van der Waals surface area contributed by atoms with Crippen molar-refractivity contribution in [2.45, 2.75) is 38.6 Å². The molecule has 6 nitrogen and oxygen atoms in total. The lowest BCUT2D eigenvalue weighted by atomic mass is 9.93. The van der Waals surface area contributed by atoms with Gasteiger partial charge in [-0.3, -0.25) is 4.79 Å². The van der Waals surface area contributed by atoms with Crippen LogP contribution in [0.15, 0.2) is 42.5 Å². The van der Waals surface area contributed by atoms with Crippen LogP contribution in [0.1, 0.15) is 31.7 Å². The lowest BCUT2D eigenvalue weighted by molar-refractivity contribution is -0.120. The maximum absolute atomic E-state index is 13.0. The van der Waals surface area contributed by atoms with E-state index in [2.05, 4.69) is 17.1 Å². The number of aromatic nitrogens is 2. The average molecular weight is 407 g/mol. The Balaban J connectivity index is 1.65. The van der Waals surface area contributed by atoms with Gasteiger partial charge in [0.2, 0.25) is 11.0 Å². The number of para-hydroxylation sites is 1. The Bertz CT molecular complexity index is 1060. The molecule has 2 heterocycles. The molecule has 2 aromatic carbocycles. The van der Waals surface area contributed by atoms with Crippen LogP contribution in [0, 0.1) is 5.92 Å². The fourth-order valence-electron chi connectivity index (χ4n) is 3.90. The third-order valence-corrected chi connectivity index (χ3v) is 6.33. The van der Waals surface area contributed by atoms with Gasteiger partial charge in [-0.1, -0.05) is 29.5 Å². The molecule has 1 aliphatic carbocycles. The molecule has 1 saturated carbocycles. The maximum Gasteiger partial charge on any atom is 0.230 e. The van der Waals surface area contributed by atoms with Gasteiger partial charge in [0.15, 0.2) is 5.01 Å². The van der Waals surface area contributed by atoms with Gasteiger partial charge >= 0.3 is 0 Å². The Morgan fingerprint density at radius 2 is 1.93 bits per heavy atom. The topological polar surface area (TPSA) is 81.3 Å². The summed E-state index contributed by atoms with van der Waals surface area (Å²) < 4.78 is 6.37. The van der Waals surface area contributed by atoms with Crippen LogP contribution in [0.4, 0.5) is 10.8 Å². The number of nitrogens with zero attached hydrogens (tertiary/aromatic N) is 3. The molecule has 1 atom stereocenters. The summed E-state index contributed by atoms with van der Waals surface area (Å²) in [5, 5.41) is 9.33. The van der Waals surface area contributed by atoms with Crippen molar-refractivity contribution < 1.29 is 9.53 Å². The first-order chi connectivity index (χ1) is 14.1. The van der Waals surface area contributed by atoms with Crippen molar-refractivity contribution in [3.05, 3.63) is 48.0 Å². The fourth-order valence-corrected chi connectivity index (χ4v) is 4.53. The van der Waals surface area contributed by atoms with E-state index < -0.39 is 0 Å². The van der Waals surface area contributed by atoms with Gasteiger partial charge in [-0.05, 0) is 56.9 Å². The molecule has 2 N–H and O–H groups in total. The zero-order chi connectivity index (χ0) is 20.0. The molecule has 1 aromatic heterocycles. The second-order valence-electron chi connectivity index (χ2n) is 7.67. The van der Waals surface area contributed by atoms with Gasteiger partial charge in [-0.2, -0.15) is 0 Å². The first-order valence-corrected chi connectivity index (χ1v) is 10.7. The van der Waals surface area contributed by atoms with Crippen molar-refractivity contribution >= 4 is 28.1 Å². The van der Waals surface area contributed by atoms with Crippen molar-refractivity contribution in [2.75, 3.05) is 10.6 Å². The summed E-state index contributed by atoms with van der Waals surface area (Å²) in [5.41, 5.74) is 8.68. The number of benzene rings is 2. The number of rotatable bonds is 4. The summed E-state index contributed by atoms with van der Waals surface area (Å²) in [6.07, 6.45) is 3.73. The van der Waals surface area contributed by atoms with Crippen molar-refractivity contribution in [3.8, 4) is 22.1 Å². The van der Waals surface area contributed by atoms with Crippen LogP contribution in [0.2, 0.25) is 0 Å². The molecular weight excluding hydrogens is 384 g/mol. The highest BCUT2D eigenvalue weighted by molar-refractivity contribution is 7.18. The highest BCUT2D eigenvalue weighted by Crippen LogP contribution is 2.46. The molecule has 1 aliphatic heterocycles. The minimum Gasteiger partial charge on any atom is -0.456 e. The van der Waals surface area contributed by atoms with Crippen LogP contribution in [-0.4, -0.2) is 22.1 Å². The van der Waals surface area contributed by atoms with Crippen LogP contribution in [0.3, 0.4) is 0 Å². The van der Waals surface area contributed by atoms with Crippen LogP contribution in [-0.2, 0) is 11.2 Å². The second-order valence-corrected chi connectivity index (χ2v) is 8.68. The van der Waals surface area contributed by atoms with Gasteiger partial charge in [0.05, 0.1) is 11.3 Å². The van der Waals surface area contributed by atoms with Crippen LogP contribution in [0.25, 0.3) is 10.6 Å². The Labute approximate surface area is 173 Å². The number of ether oxygens (including phenoxy) is 1. The Kier molecular flexibility index (Phi) is 4.47. The van der Waals surface area contributed by atoms with Gasteiger partial charge < -0.3 is 15.4 Å². The second kappa shape index (κ2) is 7.15. The largest absolute Gasteiger partial charge is 0.456 e. The van der Waals surface area contributed by atoms with E-state index in [9.17, 15) is 4.79 Å². The minimum atomic E-state index is 0.171. The van der Waals surface area contributed by atoms with E-state index in [0.717, 1.165) is 59.0 Å². The summed E-state index contributed by atoms with van der Waals surface area (Å²) >= 11 is 1.33. The number of fused-ring (bicyclic) bond motifs is 1. The lowest BCUT2D eigenvalue weighted by Gasteiger charge is -2.36. The molecule has 0 spiro atoms. The molecule has 0 bridgehead atoms. The molecule has 0 saturated heterocycles. The van der Waals surface area contributed by atoms with Gasteiger partial charge in [0.1, 0.15) is 11.5 Å². The van der Waals surface area contributed by atoms with Crippen LogP contribution in [0.5, 0.6) is 11.5 Å². The number of carbonyl (C=O) groups is 1. The number of amides is 1. The first-order valence-electron chi connectivity index (χ1n) is 9.93. The summed E-state index contributed by atoms with van der Waals surface area (Å²) in [5.74, 6) is 1.89. The fraction of sp³-hybridized carbons (Fsp3) is 0.318. The number of hydrogen-bond acceptors (Lipinski definition) is 6. The van der Waals surface area contributed by atoms with Gasteiger partial charge in [-0.25, -0.2) is 0 Å². The summed E-state index contributed by atoms with van der Waals surface area (Å²) in [6, 6.07) is 13.9. The van der Waals surface area contributed by atoms with E-state index in [1.807, 2.05) is 47.4 Å². The molecule has 1 amide bonds. The SMILES string of the molecule is C[C@H]1CCc2c(ccc(-c3nnc(N)s3)c2Oc2ccccc2)N1C(=O)C1CC1. The zero-order valence-electron chi connectivity index (χ0n) is 16.2. The van der Waals surface area contributed by atoms with Crippen molar-refractivity contribution in [1.29, 1.82) is 0 Å². The first kappa shape index (κ1) is 18.1. The molecule has 7 heteroatoms. The maximum atomic E-state index is 13.0. The Morgan fingerprint density at radius 3 is 2.62 bits per heavy atom. The summed E-state index contributed by atoms with van der Waals surface area (Å²) in [6.45, 7) is 2.13. The monoisotopic (exact) mass is 406 g/mol. The van der Waals surface area contributed by atoms with E-state index in [1.54, 1.807) is 0 Å². The average Bonchev–Trinajstić information content (AvgIpc) is 3.49. The Morgan fingerprint density at radius 1 is 1.14 bits per heavy atom. The lowest BCUT2D eigenvalue weighted by Crippen LogP contribution is -2.43. The summed E-state index contributed by atoms with van der Waals surface area (Å²) in [4.78, 5) is 15.0. The standard InChI is InChI=1S/C22H22N4O2S/c1-13-7-10-16-18(26(13)21(27)14-8-9-14)12-11-17(20-24-25-22(23)29-20)19(16)28-15-5-3-2-4-6-15/h2-6,11-14H,7-10H2,1H3,(H2,23,25)/t13-/m0/s1. The minimum absolute atomic E-state index is 0.171. The molecule has 0 unspecified atom stereocenters. The van der Waals surface area contributed by atoms with E-state index in [4.69, 9.17) is 10.5 Å². The molecule has 3 aromatic rings. The van der Waals surface area contributed by atoms with E-state index in [1.165, 1.54) is 11.3 Å². The molecule has 1 fully saturated rings. The molecule has 2 aliphatic rings. The Hall–Kier alpha value is -2.93. The number of anilines is 2. The zero-order valence-corrected chi connectivity index (χ0v) is 17.0. The third kappa shape index (κ3) is 3.35. The normalized spacial score (nSPS) is 18.4. The van der Waals surface area contributed by atoms with Gasteiger partial charge in [-0.15, -0.1) is 10.2 Å². The van der Waals surface area contributed by atoms with Crippen molar-refractivity contribution in [1.82, 2.24) is 10.2 Å². The van der Waals surface area contributed by atoms with E-state index in [-0.39, 0.29) is 17.9 Å².